The molecule has 1 amide bonds. The van der Waals surface area contributed by atoms with Crippen molar-refractivity contribution in [3.8, 4) is 0 Å². The van der Waals surface area contributed by atoms with E-state index in [1.165, 1.54) is 30.3 Å². The van der Waals surface area contributed by atoms with Gasteiger partial charge < -0.3 is 5.32 Å². The zero-order valence-corrected chi connectivity index (χ0v) is 20.0. The van der Waals surface area contributed by atoms with Gasteiger partial charge in [-0.05, 0) is 48.4 Å². The van der Waals surface area contributed by atoms with E-state index in [9.17, 15) is 13.2 Å². The van der Waals surface area contributed by atoms with Crippen molar-refractivity contribution in [1.29, 1.82) is 0 Å². The van der Waals surface area contributed by atoms with Crippen LogP contribution >= 0.6 is 11.6 Å². The Morgan fingerprint density at radius 2 is 1.38 bits per heavy atom. The molecule has 1 atom stereocenters. The fraction of sp³-hybridized carbons (Fsp3) is 0.0741. The van der Waals surface area contributed by atoms with E-state index in [1.54, 1.807) is 18.2 Å². The van der Waals surface area contributed by atoms with Crippen LogP contribution < -0.4 is 10.0 Å². The van der Waals surface area contributed by atoms with Gasteiger partial charge in [-0.1, -0.05) is 90.0 Å². The van der Waals surface area contributed by atoms with E-state index in [1.807, 2.05) is 61.5 Å². The molecule has 4 aromatic rings. The summed E-state index contributed by atoms with van der Waals surface area (Å²) < 4.78 is 27.9. The van der Waals surface area contributed by atoms with Gasteiger partial charge in [-0.2, -0.15) is 0 Å². The van der Waals surface area contributed by atoms with Crippen molar-refractivity contribution in [2.24, 2.45) is 0 Å². The van der Waals surface area contributed by atoms with Crippen molar-refractivity contribution in [2.75, 3.05) is 4.72 Å². The van der Waals surface area contributed by atoms with Crippen molar-refractivity contribution in [2.45, 2.75) is 17.9 Å². The molecular formula is C27H23ClN2O3S. The number of aryl methyl sites for hydroxylation is 1. The van der Waals surface area contributed by atoms with Crippen LogP contribution in [0.15, 0.2) is 108 Å². The number of amides is 1. The number of carbonyl (C=O) groups is 1. The highest BCUT2D eigenvalue weighted by atomic mass is 35.5. The number of nitrogens with one attached hydrogen (secondary N) is 2. The summed E-state index contributed by atoms with van der Waals surface area (Å²) in [6, 6.07) is 29.6. The Morgan fingerprint density at radius 3 is 2.03 bits per heavy atom. The third kappa shape index (κ3) is 5.47. The van der Waals surface area contributed by atoms with Crippen molar-refractivity contribution in [1.82, 2.24) is 5.32 Å². The Hall–Kier alpha value is -3.61. The lowest BCUT2D eigenvalue weighted by molar-refractivity contribution is 0.0943. The molecule has 0 saturated carbocycles. The van der Waals surface area contributed by atoms with Crippen molar-refractivity contribution < 1.29 is 13.2 Å². The van der Waals surface area contributed by atoms with Crippen LogP contribution in [0, 0.1) is 6.92 Å². The van der Waals surface area contributed by atoms with Crippen LogP contribution in [0.3, 0.4) is 0 Å². The van der Waals surface area contributed by atoms with Crippen LogP contribution in [0.1, 0.15) is 33.1 Å². The highest BCUT2D eigenvalue weighted by Crippen LogP contribution is 2.26. The second-order valence-electron chi connectivity index (χ2n) is 7.84. The van der Waals surface area contributed by atoms with Crippen LogP contribution in [0.2, 0.25) is 5.02 Å². The summed E-state index contributed by atoms with van der Waals surface area (Å²) in [7, 11) is -3.81. The number of halogens is 1. The van der Waals surface area contributed by atoms with Gasteiger partial charge in [-0.3, -0.25) is 9.52 Å². The summed E-state index contributed by atoms with van der Waals surface area (Å²) >= 11 is 6.34. The van der Waals surface area contributed by atoms with E-state index in [0.29, 0.717) is 0 Å². The second-order valence-corrected chi connectivity index (χ2v) is 9.93. The predicted octanol–water partition coefficient (Wildman–Crippen LogP) is 5.97. The van der Waals surface area contributed by atoms with Gasteiger partial charge in [-0.25, -0.2) is 8.42 Å². The fourth-order valence-corrected chi connectivity index (χ4v) is 4.82. The Bertz CT molecular complexity index is 1390. The number of hydrogen-bond acceptors (Lipinski definition) is 3. The minimum absolute atomic E-state index is 0.125. The maximum atomic E-state index is 13.3. The molecule has 7 heteroatoms. The van der Waals surface area contributed by atoms with E-state index >= 15 is 0 Å². The molecule has 4 aromatic carbocycles. The first kappa shape index (κ1) is 23.5. The van der Waals surface area contributed by atoms with Gasteiger partial charge in [0.15, 0.2) is 0 Å². The smallest absolute Gasteiger partial charge is 0.261 e. The lowest BCUT2D eigenvalue weighted by Gasteiger charge is -2.21. The monoisotopic (exact) mass is 490 g/mol. The normalized spacial score (nSPS) is 12.1. The average molecular weight is 491 g/mol. The predicted molar refractivity (Wildman–Crippen MR) is 136 cm³/mol. The highest BCUT2D eigenvalue weighted by molar-refractivity contribution is 7.92. The Labute approximate surface area is 204 Å². The van der Waals surface area contributed by atoms with Crippen LogP contribution in [0.25, 0.3) is 0 Å². The van der Waals surface area contributed by atoms with Gasteiger partial charge in [0.25, 0.3) is 15.9 Å². The number of rotatable bonds is 7. The van der Waals surface area contributed by atoms with E-state index in [4.69, 9.17) is 11.6 Å². The number of carbonyl (C=O) groups excluding carboxylic acids is 1. The van der Waals surface area contributed by atoms with Gasteiger partial charge in [0.1, 0.15) is 0 Å². The maximum absolute atomic E-state index is 13.3. The lowest BCUT2D eigenvalue weighted by atomic mass is 9.97. The Balaban J connectivity index is 1.63. The molecule has 0 bridgehead atoms. The van der Waals surface area contributed by atoms with Gasteiger partial charge in [0.05, 0.1) is 21.5 Å². The summed E-state index contributed by atoms with van der Waals surface area (Å²) in [5.74, 6) is -0.416. The molecule has 0 fully saturated rings. The van der Waals surface area contributed by atoms with Crippen LogP contribution in [-0.4, -0.2) is 14.3 Å². The minimum atomic E-state index is -3.81. The zero-order chi connectivity index (χ0) is 24.1. The number of anilines is 1. The van der Waals surface area contributed by atoms with Gasteiger partial charge in [0, 0.05) is 5.69 Å². The molecule has 0 aromatic heterocycles. The number of hydrogen-bond donors (Lipinski definition) is 2. The fourth-order valence-electron chi connectivity index (χ4n) is 3.55. The first-order valence-electron chi connectivity index (χ1n) is 10.6. The van der Waals surface area contributed by atoms with Crippen LogP contribution in [-0.2, 0) is 10.0 Å². The van der Waals surface area contributed by atoms with E-state index in [2.05, 4.69) is 10.0 Å². The van der Waals surface area contributed by atoms with Gasteiger partial charge >= 0.3 is 0 Å². The largest absolute Gasteiger partial charge is 0.341 e. The first-order valence-corrected chi connectivity index (χ1v) is 12.5. The number of sulfonamides is 1. The van der Waals surface area contributed by atoms with Gasteiger partial charge in [-0.15, -0.1) is 0 Å². The molecular weight excluding hydrogens is 468 g/mol. The van der Waals surface area contributed by atoms with Crippen molar-refractivity contribution in [3.63, 3.8) is 0 Å². The summed E-state index contributed by atoms with van der Waals surface area (Å²) in [4.78, 5) is 13.4. The molecule has 0 heterocycles. The standard InChI is InChI=1S/C27H23ClN2O3S/c1-19-12-14-21(15-13-19)26(20-8-4-2-5-9-20)29-27(31)24-18-22(16-17-25(24)28)30-34(32,33)23-10-6-3-7-11-23/h2-18,26,30H,1H3,(H,29,31)/t26-/m0/s1. The average Bonchev–Trinajstić information content (AvgIpc) is 2.85. The molecule has 0 aliphatic rings. The topological polar surface area (TPSA) is 75.3 Å². The number of benzene rings is 4. The summed E-state index contributed by atoms with van der Waals surface area (Å²) in [5, 5.41) is 3.27. The quantitative estimate of drug-likeness (QED) is 0.335. The molecule has 2 N–H and O–H groups in total. The molecule has 0 spiro atoms. The van der Waals surface area contributed by atoms with E-state index in [-0.39, 0.29) is 21.2 Å². The zero-order valence-electron chi connectivity index (χ0n) is 18.4. The van der Waals surface area contributed by atoms with Crippen LogP contribution in [0.5, 0.6) is 0 Å². The molecule has 0 aliphatic heterocycles. The molecule has 5 nitrogen and oxygen atoms in total. The first-order chi connectivity index (χ1) is 16.3. The molecule has 0 radical (unpaired) electrons. The highest BCUT2D eigenvalue weighted by Gasteiger charge is 2.21. The molecule has 0 unspecified atom stereocenters. The molecule has 0 saturated heterocycles. The molecule has 172 valence electrons. The third-order valence-corrected chi connectivity index (χ3v) is 7.06. The minimum Gasteiger partial charge on any atom is -0.341 e. The maximum Gasteiger partial charge on any atom is 0.261 e. The summed E-state index contributed by atoms with van der Waals surface area (Å²) in [6.07, 6.45) is 0. The molecule has 34 heavy (non-hydrogen) atoms. The SMILES string of the molecule is Cc1ccc([C@@H](NC(=O)c2cc(NS(=O)(=O)c3ccccc3)ccc2Cl)c2ccccc2)cc1. The second kappa shape index (κ2) is 10.1. The van der Waals surface area contributed by atoms with Crippen LogP contribution in [0.4, 0.5) is 5.69 Å². The Morgan fingerprint density at radius 1 is 0.794 bits per heavy atom. The third-order valence-electron chi connectivity index (χ3n) is 5.34. The van der Waals surface area contributed by atoms with E-state index in [0.717, 1.165) is 16.7 Å². The summed E-state index contributed by atoms with van der Waals surface area (Å²) in [6.45, 7) is 2.00. The molecule has 4 rings (SSSR count). The molecule has 0 aliphatic carbocycles. The summed E-state index contributed by atoms with van der Waals surface area (Å²) in [5.41, 5.74) is 3.36. The Kier molecular flexibility index (Phi) is 7.01. The van der Waals surface area contributed by atoms with Crippen molar-refractivity contribution >= 4 is 33.2 Å². The van der Waals surface area contributed by atoms with Gasteiger partial charge in [0.2, 0.25) is 0 Å². The lowest BCUT2D eigenvalue weighted by Crippen LogP contribution is -2.29. The van der Waals surface area contributed by atoms with E-state index < -0.39 is 22.0 Å². The van der Waals surface area contributed by atoms with Crippen molar-refractivity contribution in [3.05, 3.63) is 130 Å².